The lowest BCUT2D eigenvalue weighted by Gasteiger charge is -2.11. The molecule has 86 valence electrons. The fourth-order valence-corrected chi connectivity index (χ4v) is 1.62. The van der Waals surface area contributed by atoms with E-state index in [0.29, 0.717) is 18.0 Å². The smallest absolute Gasteiger partial charge is 0.145 e. The number of nitrogens with one attached hydrogen (secondary N) is 1. The van der Waals surface area contributed by atoms with Crippen molar-refractivity contribution in [3.63, 3.8) is 0 Å². The van der Waals surface area contributed by atoms with Gasteiger partial charge in [-0.1, -0.05) is 6.07 Å². The number of hydrogen-bond acceptors (Lipinski definition) is 4. The second kappa shape index (κ2) is 6.57. The minimum atomic E-state index is 0.00296. The lowest BCUT2D eigenvalue weighted by Crippen LogP contribution is -1.98. The number of para-hydroxylation sites is 1. The summed E-state index contributed by atoms with van der Waals surface area (Å²) in [6, 6.07) is 9.05. The fraction of sp³-hybridized carbons (Fsp3) is 0.167. The second-order valence-electron chi connectivity index (χ2n) is 2.97. The molecule has 0 aliphatic heterocycles. The minimum absolute atomic E-state index is 0.00296. The molecule has 0 aliphatic rings. The summed E-state index contributed by atoms with van der Waals surface area (Å²) in [6.45, 7) is 2.43. The van der Waals surface area contributed by atoms with E-state index in [9.17, 15) is 0 Å². The lowest BCUT2D eigenvalue weighted by molar-refractivity contribution is 0.342. The summed E-state index contributed by atoms with van der Waals surface area (Å²) >= 11 is 3.37. The molecule has 1 aromatic carbocycles. The Morgan fingerprint density at radius 2 is 2.18 bits per heavy atom. The van der Waals surface area contributed by atoms with Crippen LogP contribution in [0.4, 0.5) is 5.69 Å². The van der Waals surface area contributed by atoms with Gasteiger partial charge in [0.1, 0.15) is 23.5 Å². The van der Waals surface area contributed by atoms with Gasteiger partial charge in [-0.25, -0.2) is 0 Å². The molecule has 1 N–H and O–H groups in total. The van der Waals surface area contributed by atoms with Crippen LogP contribution in [0.25, 0.3) is 0 Å². The Morgan fingerprint density at radius 1 is 1.47 bits per heavy atom. The molecular formula is C12H10BrN3O. The standard InChI is InChI=1S/C12H10BrN3O/c1-2-17-11-5-3-4-10(13)12(11)16-8-9(6-14)7-15/h3-5,8,16H,2H2,1H3. The average molecular weight is 292 g/mol. The summed E-state index contributed by atoms with van der Waals surface area (Å²) in [6.07, 6.45) is 1.35. The van der Waals surface area contributed by atoms with E-state index < -0.39 is 0 Å². The van der Waals surface area contributed by atoms with Crippen LogP contribution >= 0.6 is 15.9 Å². The molecule has 0 saturated heterocycles. The Labute approximate surface area is 108 Å². The highest BCUT2D eigenvalue weighted by Crippen LogP contribution is 2.32. The van der Waals surface area contributed by atoms with Gasteiger partial charge in [-0.3, -0.25) is 0 Å². The Kier molecular flexibility index (Phi) is 5.06. The van der Waals surface area contributed by atoms with Crippen LogP contribution in [0.3, 0.4) is 0 Å². The second-order valence-corrected chi connectivity index (χ2v) is 3.83. The number of rotatable bonds is 4. The average Bonchev–Trinajstić information content (AvgIpc) is 2.33. The van der Waals surface area contributed by atoms with Crippen LogP contribution in [0.1, 0.15) is 6.92 Å². The predicted octanol–water partition coefficient (Wildman–Crippen LogP) is 3.19. The van der Waals surface area contributed by atoms with Gasteiger partial charge < -0.3 is 10.1 Å². The van der Waals surface area contributed by atoms with E-state index in [0.717, 1.165) is 4.47 Å². The van der Waals surface area contributed by atoms with E-state index in [1.807, 2.05) is 25.1 Å². The highest BCUT2D eigenvalue weighted by Gasteiger charge is 2.06. The summed E-state index contributed by atoms with van der Waals surface area (Å²) in [5.41, 5.74) is 0.695. The fourth-order valence-electron chi connectivity index (χ4n) is 1.15. The van der Waals surface area contributed by atoms with Crippen molar-refractivity contribution >= 4 is 21.6 Å². The van der Waals surface area contributed by atoms with E-state index in [4.69, 9.17) is 15.3 Å². The quantitative estimate of drug-likeness (QED) is 0.865. The number of anilines is 1. The van der Waals surface area contributed by atoms with Crippen LogP contribution in [0.2, 0.25) is 0 Å². The van der Waals surface area contributed by atoms with E-state index in [1.54, 1.807) is 12.1 Å². The first-order valence-electron chi connectivity index (χ1n) is 4.91. The van der Waals surface area contributed by atoms with Crippen LogP contribution in [0.5, 0.6) is 5.75 Å². The molecule has 0 aliphatic carbocycles. The number of ether oxygens (including phenoxy) is 1. The Morgan fingerprint density at radius 3 is 2.76 bits per heavy atom. The molecule has 1 rings (SSSR count). The third kappa shape index (κ3) is 3.51. The predicted molar refractivity (Wildman–Crippen MR) is 68.2 cm³/mol. The number of benzene rings is 1. The zero-order valence-electron chi connectivity index (χ0n) is 9.20. The zero-order chi connectivity index (χ0) is 12.7. The molecule has 0 fully saturated rings. The van der Waals surface area contributed by atoms with Crippen molar-refractivity contribution in [1.29, 1.82) is 10.5 Å². The van der Waals surface area contributed by atoms with Crippen molar-refractivity contribution in [3.8, 4) is 17.9 Å². The van der Waals surface area contributed by atoms with Crippen LogP contribution in [-0.2, 0) is 0 Å². The van der Waals surface area contributed by atoms with Crippen molar-refractivity contribution in [2.45, 2.75) is 6.92 Å². The molecule has 5 heteroatoms. The summed E-state index contributed by atoms with van der Waals surface area (Å²) in [5, 5.41) is 20.1. The molecule has 0 atom stereocenters. The highest BCUT2D eigenvalue weighted by molar-refractivity contribution is 9.10. The third-order valence-electron chi connectivity index (χ3n) is 1.88. The maximum absolute atomic E-state index is 8.62. The van der Waals surface area contributed by atoms with E-state index in [2.05, 4.69) is 21.2 Å². The van der Waals surface area contributed by atoms with Gasteiger partial charge in [0.05, 0.1) is 12.3 Å². The molecule has 0 radical (unpaired) electrons. The third-order valence-corrected chi connectivity index (χ3v) is 2.54. The van der Waals surface area contributed by atoms with Crippen molar-refractivity contribution in [2.75, 3.05) is 11.9 Å². The molecule has 0 heterocycles. The van der Waals surface area contributed by atoms with Crippen LogP contribution in [-0.4, -0.2) is 6.61 Å². The Hall–Kier alpha value is -1.98. The summed E-state index contributed by atoms with van der Waals surface area (Å²) in [5.74, 6) is 0.661. The maximum atomic E-state index is 8.62. The number of nitriles is 2. The maximum Gasteiger partial charge on any atom is 0.145 e. The molecule has 0 bridgehead atoms. The molecule has 0 aromatic heterocycles. The van der Waals surface area contributed by atoms with Gasteiger partial charge >= 0.3 is 0 Å². The van der Waals surface area contributed by atoms with Crippen molar-refractivity contribution in [3.05, 3.63) is 34.4 Å². The first-order chi connectivity index (χ1) is 8.22. The lowest BCUT2D eigenvalue weighted by atomic mass is 10.3. The van der Waals surface area contributed by atoms with Crippen LogP contribution in [0.15, 0.2) is 34.4 Å². The molecule has 17 heavy (non-hydrogen) atoms. The summed E-state index contributed by atoms with van der Waals surface area (Å²) in [4.78, 5) is 0. The van der Waals surface area contributed by atoms with Gasteiger partial charge in [0.25, 0.3) is 0 Å². The first-order valence-corrected chi connectivity index (χ1v) is 5.70. The number of nitrogens with zero attached hydrogens (tertiary/aromatic N) is 2. The van der Waals surface area contributed by atoms with Crippen LogP contribution in [0, 0.1) is 22.7 Å². The molecule has 0 amide bonds. The summed E-state index contributed by atoms with van der Waals surface area (Å²) in [7, 11) is 0. The van der Waals surface area contributed by atoms with E-state index in [-0.39, 0.29) is 5.57 Å². The van der Waals surface area contributed by atoms with Gasteiger partial charge in [-0.2, -0.15) is 10.5 Å². The van der Waals surface area contributed by atoms with Crippen molar-refractivity contribution in [2.24, 2.45) is 0 Å². The molecule has 0 saturated carbocycles. The molecule has 4 nitrogen and oxygen atoms in total. The van der Waals surface area contributed by atoms with Gasteiger partial charge in [0, 0.05) is 10.7 Å². The van der Waals surface area contributed by atoms with Crippen molar-refractivity contribution < 1.29 is 4.74 Å². The Bertz CT molecular complexity index is 495. The highest BCUT2D eigenvalue weighted by atomic mass is 79.9. The largest absolute Gasteiger partial charge is 0.492 e. The monoisotopic (exact) mass is 291 g/mol. The molecule has 1 aromatic rings. The molecule has 0 spiro atoms. The van der Waals surface area contributed by atoms with Gasteiger partial charge in [0.15, 0.2) is 0 Å². The normalized spacial score (nSPS) is 8.71. The summed E-state index contributed by atoms with van der Waals surface area (Å²) < 4.78 is 6.23. The zero-order valence-corrected chi connectivity index (χ0v) is 10.8. The Balaban J connectivity index is 3.02. The van der Waals surface area contributed by atoms with Gasteiger partial charge in [-0.15, -0.1) is 0 Å². The SMILES string of the molecule is CCOc1cccc(Br)c1NC=C(C#N)C#N. The van der Waals surface area contributed by atoms with E-state index in [1.165, 1.54) is 6.20 Å². The van der Waals surface area contributed by atoms with Gasteiger partial charge in [0.2, 0.25) is 0 Å². The number of halogens is 1. The molecular weight excluding hydrogens is 282 g/mol. The number of allylic oxidation sites excluding steroid dienone is 1. The topological polar surface area (TPSA) is 68.8 Å². The van der Waals surface area contributed by atoms with Crippen molar-refractivity contribution in [1.82, 2.24) is 0 Å². The van der Waals surface area contributed by atoms with E-state index >= 15 is 0 Å². The number of hydrogen-bond donors (Lipinski definition) is 1. The van der Waals surface area contributed by atoms with Gasteiger partial charge in [-0.05, 0) is 35.0 Å². The first kappa shape index (κ1) is 13.1. The molecule has 0 unspecified atom stereocenters. The van der Waals surface area contributed by atoms with Crippen LogP contribution < -0.4 is 10.1 Å². The minimum Gasteiger partial charge on any atom is -0.492 e.